The Morgan fingerprint density at radius 2 is 1.17 bits per heavy atom. The molecule has 0 spiro atoms. The van der Waals surface area contributed by atoms with Crippen molar-refractivity contribution in [1.29, 1.82) is 0 Å². The second-order valence-corrected chi connectivity index (χ2v) is 19.4. The first kappa shape index (κ1) is 38.9. The van der Waals surface area contributed by atoms with E-state index in [0.717, 1.165) is 50.5 Å². The summed E-state index contributed by atoms with van der Waals surface area (Å²) >= 11 is 0. The van der Waals surface area contributed by atoms with Crippen molar-refractivity contribution in [3.05, 3.63) is 5.82 Å². The van der Waals surface area contributed by atoms with E-state index in [1.54, 1.807) is 0 Å². The van der Waals surface area contributed by atoms with Gasteiger partial charge in [-0.2, -0.15) is 15.0 Å². The van der Waals surface area contributed by atoms with Gasteiger partial charge in [0.05, 0.1) is 0 Å². The van der Waals surface area contributed by atoms with Crippen molar-refractivity contribution >= 4 is 11.9 Å². The lowest BCUT2D eigenvalue weighted by Crippen LogP contribution is -2.62. The van der Waals surface area contributed by atoms with Crippen molar-refractivity contribution < 1.29 is 0 Å². The average molecular weight is 643 g/mol. The molecule has 0 saturated carbocycles. The molecule has 0 bridgehead atoms. The summed E-state index contributed by atoms with van der Waals surface area (Å²) in [5, 5.41) is 11.4. The number of rotatable bonds is 14. The number of aromatic nitrogens is 3. The third-order valence-electron chi connectivity index (χ3n) is 9.71. The van der Waals surface area contributed by atoms with Crippen LogP contribution in [0.5, 0.6) is 0 Å². The number of nitrogens with zero attached hydrogens (tertiary/aromatic N) is 5. The highest BCUT2D eigenvalue weighted by molar-refractivity contribution is 5.40. The molecule has 8 heteroatoms. The summed E-state index contributed by atoms with van der Waals surface area (Å²) in [5.74, 6) is 2.30. The van der Waals surface area contributed by atoms with Gasteiger partial charge in [-0.25, -0.2) is 0 Å². The Hall–Kier alpha value is -1.51. The van der Waals surface area contributed by atoms with Gasteiger partial charge >= 0.3 is 0 Å². The maximum absolute atomic E-state index is 5.10. The highest BCUT2D eigenvalue weighted by atomic mass is 15.3. The number of piperidine rings is 2. The third kappa shape index (κ3) is 12.5. The van der Waals surface area contributed by atoms with Crippen LogP contribution in [0.1, 0.15) is 161 Å². The molecule has 0 atom stereocenters. The molecule has 0 aromatic carbocycles. The molecule has 0 amide bonds. The lowest BCUT2D eigenvalue weighted by atomic mass is 9.79. The van der Waals surface area contributed by atoms with E-state index in [4.69, 9.17) is 15.0 Å². The van der Waals surface area contributed by atoms with Crippen LogP contribution in [0, 0.1) is 12.3 Å². The van der Waals surface area contributed by atoms with Gasteiger partial charge in [-0.1, -0.05) is 40.5 Å². The molecular formula is C38H74N8. The van der Waals surface area contributed by atoms with Gasteiger partial charge in [0.15, 0.2) is 0 Å². The third-order valence-corrected chi connectivity index (χ3v) is 9.71. The maximum atomic E-state index is 5.10. The molecule has 1 aromatic heterocycles. The van der Waals surface area contributed by atoms with E-state index in [1.807, 2.05) is 6.92 Å². The van der Waals surface area contributed by atoms with Crippen LogP contribution in [-0.2, 0) is 0 Å². The van der Waals surface area contributed by atoms with Gasteiger partial charge in [0, 0.05) is 46.3 Å². The summed E-state index contributed by atoms with van der Waals surface area (Å²) in [6.45, 7) is 37.8. The molecule has 3 N–H and O–H groups in total. The van der Waals surface area contributed by atoms with Crippen molar-refractivity contribution in [1.82, 2.24) is 30.5 Å². The number of hydrogen-bond acceptors (Lipinski definition) is 8. The molecule has 3 heterocycles. The molecule has 2 aliphatic heterocycles. The lowest BCUT2D eigenvalue weighted by Gasteiger charge is -2.49. The SMILES string of the molecule is CCN(CCCCCCN(c1nc(C)nc(NC(C)(C)CC(C)(C)C)n1)C1CC(C)(C)NC(C)(C)C1)C1CC(C)(C)NC(C)(C)C1. The van der Waals surface area contributed by atoms with Gasteiger partial charge in [0.1, 0.15) is 5.82 Å². The minimum atomic E-state index is -0.126. The number of anilines is 2. The first-order chi connectivity index (χ1) is 20.9. The zero-order chi connectivity index (χ0) is 34.8. The Morgan fingerprint density at radius 3 is 1.65 bits per heavy atom. The van der Waals surface area contributed by atoms with Crippen LogP contribution in [0.15, 0.2) is 0 Å². The van der Waals surface area contributed by atoms with Crippen LogP contribution < -0.4 is 20.9 Å². The van der Waals surface area contributed by atoms with Crippen molar-refractivity contribution in [3.63, 3.8) is 0 Å². The topological polar surface area (TPSA) is 81.2 Å². The van der Waals surface area contributed by atoms with Gasteiger partial charge in [0.25, 0.3) is 0 Å². The smallest absolute Gasteiger partial charge is 0.230 e. The fraction of sp³-hybridized carbons (Fsp3) is 0.921. The molecule has 8 nitrogen and oxygen atoms in total. The van der Waals surface area contributed by atoms with Crippen molar-refractivity contribution in [2.75, 3.05) is 29.9 Å². The molecule has 1 aromatic rings. The van der Waals surface area contributed by atoms with Gasteiger partial charge in [-0.05, 0) is 140 Å². The van der Waals surface area contributed by atoms with Crippen LogP contribution >= 0.6 is 0 Å². The molecule has 266 valence electrons. The van der Waals surface area contributed by atoms with E-state index < -0.39 is 0 Å². The van der Waals surface area contributed by atoms with Crippen molar-refractivity contribution in [3.8, 4) is 0 Å². The Morgan fingerprint density at radius 1 is 0.696 bits per heavy atom. The molecule has 0 unspecified atom stereocenters. The summed E-state index contributed by atoms with van der Waals surface area (Å²) in [4.78, 5) is 20.1. The first-order valence-electron chi connectivity index (χ1n) is 18.5. The summed E-state index contributed by atoms with van der Waals surface area (Å²) in [6.07, 6.45) is 10.5. The minimum Gasteiger partial charge on any atom is -0.349 e. The van der Waals surface area contributed by atoms with Crippen molar-refractivity contribution in [2.24, 2.45) is 5.41 Å². The maximum Gasteiger partial charge on any atom is 0.230 e. The van der Waals surface area contributed by atoms with Crippen LogP contribution in [0.3, 0.4) is 0 Å². The van der Waals surface area contributed by atoms with Gasteiger partial charge < -0.3 is 25.8 Å². The predicted octanol–water partition coefficient (Wildman–Crippen LogP) is 8.11. The van der Waals surface area contributed by atoms with Gasteiger partial charge in [-0.3, -0.25) is 0 Å². The fourth-order valence-electron chi connectivity index (χ4n) is 9.34. The largest absolute Gasteiger partial charge is 0.349 e. The average Bonchev–Trinajstić information content (AvgIpc) is 2.79. The standard InChI is InChI=1S/C38H74N8/c1-16-45(29-23-34(6,7)43-35(8,9)24-29)21-19-17-18-20-22-46(30-25-36(10,11)44-37(12,13)26-30)32-40-28(2)39-31(41-32)42-38(14,15)27-33(3,4)5/h29-30,43-44H,16-27H2,1-15H3,(H,39,40,41,42). The Labute approximate surface area is 284 Å². The number of hydrogen-bond donors (Lipinski definition) is 3. The van der Waals surface area contributed by atoms with E-state index in [2.05, 4.69) is 123 Å². The Balaban J connectivity index is 1.70. The molecule has 0 radical (unpaired) electrons. The highest BCUT2D eigenvalue weighted by Gasteiger charge is 2.41. The van der Waals surface area contributed by atoms with Crippen LogP contribution in [0.25, 0.3) is 0 Å². The molecule has 3 rings (SSSR count). The molecule has 46 heavy (non-hydrogen) atoms. The predicted molar refractivity (Wildman–Crippen MR) is 198 cm³/mol. The molecule has 0 aliphatic carbocycles. The van der Waals surface area contributed by atoms with Crippen LogP contribution in [0.2, 0.25) is 0 Å². The summed E-state index contributed by atoms with van der Waals surface area (Å²) in [5.41, 5.74) is 0.541. The van der Waals surface area contributed by atoms with E-state index in [9.17, 15) is 0 Å². The summed E-state index contributed by atoms with van der Waals surface area (Å²) < 4.78 is 0. The van der Waals surface area contributed by atoms with E-state index >= 15 is 0 Å². The van der Waals surface area contributed by atoms with E-state index in [0.29, 0.717) is 18.0 Å². The molecule has 2 aliphatic rings. The summed E-state index contributed by atoms with van der Waals surface area (Å²) in [7, 11) is 0. The first-order valence-corrected chi connectivity index (χ1v) is 18.5. The zero-order valence-corrected chi connectivity index (χ0v) is 32.9. The fourth-order valence-corrected chi connectivity index (χ4v) is 9.34. The minimum absolute atomic E-state index is 0.0455. The van der Waals surface area contributed by atoms with E-state index in [1.165, 1.54) is 38.6 Å². The number of unbranched alkanes of at least 4 members (excludes halogenated alkanes) is 3. The van der Waals surface area contributed by atoms with Crippen LogP contribution in [0.4, 0.5) is 11.9 Å². The molecular weight excluding hydrogens is 568 g/mol. The quantitative estimate of drug-likeness (QED) is 0.176. The van der Waals surface area contributed by atoms with E-state index in [-0.39, 0.29) is 33.1 Å². The Kier molecular flexibility index (Phi) is 12.3. The van der Waals surface area contributed by atoms with Crippen molar-refractivity contribution in [2.45, 2.75) is 201 Å². The normalized spacial score (nSPS) is 21.8. The number of aryl methyl sites for hydroxylation is 1. The van der Waals surface area contributed by atoms with Gasteiger partial charge in [-0.15, -0.1) is 0 Å². The summed E-state index contributed by atoms with van der Waals surface area (Å²) in [6, 6.07) is 1.02. The molecule has 2 fully saturated rings. The van der Waals surface area contributed by atoms with Gasteiger partial charge in [0.2, 0.25) is 11.9 Å². The monoisotopic (exact) mass is 643 g/mol. The highest BCUT2D eigenvalue weighted by Crippen LogP contribution is 2.35. The number of nitrogens with one attached hydrogen (secondary N) is 3. The lowest BCUT2D eigenvalue weighted by molar-refractivity contribution is 0.0681. The van der Waals surface area contributed by atoms with Crippen LogP contribution in [-0.4, -0.2) is 79.3 Å². The molecule has 2 saturated heterocycles. The Bertz CT molecular complexity index is 1080. The zero-order valence-electron chi connectivity index (χ0n) is 32.9. The second kappa shape index (κ2) is 14.5. The second-order valence-electron chi connectivity index (χ2n) is 19.4.